The van der Waals surface area contributed by atoms with E-state index >= 15 is 0 Å². The van der Waals surface area contributed by atoms with Crippen LogP contribution in [0.4, 0.5) is 32.3 Å². The molecule has 212 valence electrons. The van der Waals surface area contributed by atoms with Crippen LogP contribution in [0.3, 0.4) is 0 Å². The topological polar surface area (TPSA) is 113 Å². The van der Waals surface area contributed by atoms with Gasteiger partial charge in [-0.1, -0.05) is 6.42 Å². The predicted octanol–water partition coefficient (Wildman–Crippen LogP) is 2.77. The Balaban J connectivity index is 1.50. The minimum atomic E-state index is -5.40. The normalized spacial score (nSPS) is 22.7. The van der Waals surface area contributed by atoms with E-state index in [1.54, 1.807) is 9.80 Å². The molecule has 1 amide bonds. The van der Waals surface area contributed by atoms with Gasteiger partial charge in [0.05, 0.1) is 18.6 Å². The number of ketones is 1. The van der Waals surface area contributed by atoms with Crippen LogP contribution < -0.4 is 4.90 Å². The number of hydrogen-bond acceptors (Lipinski definition) is 8. The number of ether oxygens (including phenoxy) is 1. The summed E-state index contributed by atoms with van der Waals surface area (Å²) >= 11 is 0. The fraction of sp³-hybridized carbons (Fsp3) is 0.696. The maximum Gasteiger partial charge on any atom is 0.428 e. The van der Waals surface area contributed by atoms with Crippen molar-refractivity contribution < 1.29 is 50.6 Å². The highest BCUT2D eigenvalue weighted by Crippen LogP contribution is 2.44. The Morgan fingerprint density at radius 2 is 1.66 bits per heavy atom. The number of nitrogens with zero attached hydrogens (tertiary/aromatic N) is 4. The third kappa shape index (κ3) is 6.18. The number of anilines is 1. The van der Waals surface area contributed by atoms with Crippen molar-refractivity contribution in [2.45, 2.75) is 56.5 Å². The first kappa shape index (κ1) is 29.6. The van der Waals surface area contributed by atoms with Gasteiger partial charge >= 0.3 is 18.3 Å². The summed E-state index contributed by atoms with van der Waals surface area (Å²) in [5.74, 6) is -5.75. The summed E-state index contributed by atoms with van der Waals surface area (Å²) in [6.07, 6.45) is -8.03. The highest BCUT2D eigenvalue weighted by molar-refractivity contribution is 5.93. The van der Waals surface area contributed by atoms with E-state index in [0.29, 0.717) is 32.6 Å². The molecule has 38 heavy (non-hydrogen) atoms. The molecule has 1 aromatic rings. The van der Waals surface area contributed by atoms with Gasteiger partial charge in [-0.25, -0.2) is 14.8 Å². The Morgan fingerprint density at radius 1 is 1.05 bits per heavy atom. The second-order valence-electron chi connectivity index (χ2n) is 9.37. The van der Waals surface area contributed by atoms with Crippen LogP contribution in [0.25, 0.3) is 0 Å². The van der Waals surface area contributed by atoms with Gasteiger partial charge in [-0.2, -0.15) is 26.3 Å². The number of carbonyl (C=O) groups is 3. The van der Waals surface area contributed by atoms with Gasteiger partial charge in [0.15, 0.2) is 0 Å². The largest absolute Gasteiger partial charge is 0.467 e. The molecule has 0 radical (unpaired) electrons. The maximum atomic E-state index is 13.6. The Hall–Kier alpha value is -2.97. The highest BCUT2D eigenvalue weighted by Gasteiger charge is 2.67. The molecule has 3 rings (SSSR count). The van der Waals surface area contributed by atoms with E-state index in [-0.39, 0.29) is 63.5 Å². The summed E-state index contributed by atoms with van der Waals surface area (Å²) in [6, 6.07) is 0. The molecule has 1 aliphatic carbocycles. The van der Waals surface area contributed by atoms with E-state index in [2.05, 4.69) is 14.7 Å². The van der Waals surface area contributed by atoms with Crippen LogP contribution in [0.5, 0.6) is 0 Å². The predicted molar refractivity (Wildman–Crippen MR) is 119 cm³/mol. The van der Waals surface area contributed by atoms with Gasteiger partial charge in [0.1, 0.15) is 5.78 Å². The van der Waals surface area contributed by atoms with Gasteiger partial charge in [-0.15, -0.1) is 0 Å². The zero-order chi connectivity index (χ0) is 28.3. The summed E-state index contributed by atoms with van der Waals surface area (Å²) in [5, 5.41) is 10.2. The number of hydrogen-bond donors (Lipinski definition) is 1. The second kappa shape index (κ2) is 11.4. The summed E-state index contributed by atoms with van der Waals surface area (Å²) < 4.78 is 82.9. The first-order valence-electron chi connectivity index (χ1n) is 12.0. The second-order valence-corrected chi connectivity index (χ2v) is 9.37. The molecule has 1 saturated carbocycles. The zero-order valence-corrected chi connectivity index (χ0v) is 20.5. The van der Waals surface area contributed by atoms with Crippen molar-refractivity contribution in [3.05, 3.63) is 18.0 Å². The van der Waals surface area contributed by atoms with Crippen LogP contribution >= 0.6 is 0 Å². The number of esters is 1. The minimum Gasteiger partial charge on any atom is -0.467 e. The lowest BCUT2D eigenvalue weighted by molar-refractivity contribution is -0.277. The summed E-state index contributed by atoms with van der Waals surface area (Å²) in [5.41, 5.74) is -4.89. The molecule has 0 aromatic carbocycles. The number of methoxy groups -OCH3 is 1. The van der Waals surface area contributed by atoms with E-state index in [0.717, 1.165) is 0 Å². The Kier molecular flexibility index (Phi) is 8.89. The minimum absolute atomic E-state index is 0.0335. The third-order valence-corrected chi connectivity index (χ3v) is 7.05. The van der Waals surface area contributed by atoms with E-state index in [1.165, 1.54) is 0 Å². The zero-order valence-electron chi connectivity index (χ0n) is 20.5. The van der Waals surface area contributed by atoms with Crippen molar-refractivity contribution in [1.29, 1.82) is 0 Å². The lowest BCUT2D eigenvalue weighted by atomic mass is 9.70. The van der Waals surface area contributed by atoms with Crippen LogP contribution in [0.1, 0.15) is 44.1 Å². The van der Waals surface area contributed by atoms with Crippen molar-refractivity contribution in [2.24, 2.45) is 11.8 Å². The molecule has 3 unspecified atom stereocenters. The first-order chi connectivity index (χ1) is 17.7. The van der Waals surface area contributed by atoms with Gasteiger partial charge in [0.25, 0.3) is 5.60 Å². The molecule has 1 N–H and O–H groups in total. The average Bonchev–Trinajstić information content (AvgIpc) is 2.87. The Morgan fingerprint density at radius 3 is 2.18 bits per heavy atom. The number of carbonyl (C=O) groups excluding carboxylic acids is 3. The molecule has 2 fully saturated rings. The molecule has 15 heteroatoms. The number of rotatable bonds is 7. The number of alkyl halides is 6. The number of aliphatic hydroxyl groups is 1. The fourth-order valence-corrected chi connectivity index (χ4v) is 4.89. The summed E-state index contributed by atoms with van der Waals surface area (Å²) in [7, 11) is 0.700. The maximum absolute atomic E-state index is 13.6. The average molecular weight is 554 g/mol. The SMILES string of the molecule is COC(=O)C(O)(C1CCCC(CCCC(=O)N2CCN(c3ncc(C(F)(F)F)cn3)CC2)C1=O)C(F)(F)F. The van der Waals surface area contributed by atoms with Crippen LogP contribution in [-0.4, -0.2) is 82.7 Å². The lowest BCUT2D eigenvalue weighted by Crippen LogP contribution is -2.61. The van der Waals surface area contributed by atoms with Gasteiger partial charge in [0, 0.05) is 50.9 Å². The molecular weight excluding hydrogens is 526 g/mol. The highest BCUT2D eigenvalue weighted by atomic mass is 19.4. The van der Waals surface area contributed by atoms with Crippen molar-refractivity contribution in [3.8, 4) is 0 Å². The smallest absolute Gasteiger partial charge is 0.428 e. The van der Waals surface area contributed by atoms with Crippen LogP contribution in [0, 0.1) is 11.8 Å². The summed E-state index contributed by atoms with van der Waals surface area (Å²) in [6.45, 7) is 1.13. The quantitative estimate of drug-likeness (QED) is 0.405. The molecule has 1 aliphatic heterocycles. The van der Waals surface area contributed by atoms with Gasteiger partial charge < -0.3 is 19.6 Å². The number of piperazine rings is 1. The first-order valence-corrected chi connectivity index (χ1v) is 12.0. The van der Waals surface area contributed by atoms with Crippen molar-refractivity contribution >= 4 is 23.6 Å². The van der Waals surface area contributed by atoms with E-state index in [1.807, 2.05) is 0 Å². The van der Waals surface area contributed by atoms with Gasteiger partial charge in [-0.3, -0.25) is 9.59 Å². The molecule has 2 aliphatic rings. The van der Waals surface area contributed by atoms with Gasteiger partial charge in [-0.05, 0) is 25.7 Å². The molecule has 1 saturated heterocycles. The van der Waals surface area contributed by atoms with Crippen LogP contribution in [0.2, 0.25) is 0 Å². The standard InChI is InChI=1S/C23H28F6N4O5/c1-38-19(36)21(37,23(27,28)29)16-6-2-4-14(18(16)35)5-3-7-17(34)32-8-10-33(11-9-32)20-30-12-15(13-31-20)22(24,25)26/h12-14,16,37H,2-11H2,1H3. The summed E-state index contributed by atoms with van der Waals surface area (Å²) in [4.78, 5) is 47.9. The number of aromatic nitrogens is 2. The molecule has 1 aromatic heterocycles. The van der Waals surface area contributed by atoms with Crippen molar-refractivity contribution in [1.82, 2.24) is 14.9 Å². The molecule has 0 bridgehead atoms. The molecular formula is C23H28F6N4O5. The van der Waals surface area contributed by atoms with E-state index in [4.69, 9.17) is 0 Å². The third-order valence-electron chi connectivity index (χ3n) is 7.05. The monoisotopic (exact) mass is 554 g/mol. The Bertz CT molecular complexity index is 1010. The molecule has 0 spiro atoms. The number of halogens is 6. The molecule has 2 heterocycles. The van der Waals surface area contributed by atoms with E-state index < -0.39 is 47.1 Å². The van der Waals surface area contributed by atoms with Gasteiger partial charge in [0.2, 0.25) is 11.9 Å². The number of amides is 1. The molecule has 3 atom stereocenters. The Labute approximate surface area is 214 Å². The fourth-order valence-electron chi connectivity index (χ4n) is 4.89. The van der Waals surface area contributed by atoms with Crippen LogP contribution in [-0.2, 0) is 25.3 Å². The van der Waals surface area contributed by atoms with Crippen molar-refractivity contribution in [3.63, 3.8) is 0 Å². The van der Waals surface area contributed by atoms with Crippen molar-refractivity contribution in [2.75, 3.05) is 38.2 Å². The lowest BCUT2D eigenvalue weighted by Gasteiger charge is -2.38. The van der Waals surface area contributed by atoms with Crippen LogP contribution in [0.15, 0.2) is 12.4 Å². The van der Waals surface area contributed by atoms with E-state index in [9.17, 15) is 45.8 Å². The number of Topliss-reactive ketones (excluding diaryl/α,β-unsaturated/α-hetero) is 1. The molecule has 9 nitrogen and oxygen atoms in total.